The number of rotatable bonds is 2. The van der Waals surface area contributed by atoms with Gasteiger partial charge in [0.25, 0.3) is 0 Å². The molecule has 0 spiro atoms. The zero-order chi connectivity index (χ0) is 8.27. The molecule has 1 rings (SSSR count). The van der Waals surface area contributed by atoms with Gasteiger partial charge in [0.05, 0.1) is 13.3 Å². The molecule has 0 aliphatic rings. The lowest BCUT2D eigenvalue weighted by molar-refractivity contribution is 0.411. The van der Waals surface area contributed by atoms with Crippen LogP contribution in [0.25, 0.3) is 0 Å². The molecule has 0 unspecified atom stereocenters. The van der Waals surface area contributed by atoms with Gasteiger partial charge in [0, 0.05) is 14.1 Å². The molecule has 1 radical (unpaired) electrons. The molecule has 0 fully saturated rings. The number of hydrogen-bond acceptors (Lipinski definition) is 4. The van der Waals surface area contributed by atoms with E-state index in [4.69, 9.17) is 4.74 Å². The third kappa shape index (κ3) is 1.58. The van der Waals surface area contributed by atoms with Crippen LogP contribution in [-0.2, 0) is 0 Å². The van der Waals surface area contributed by atoms with Crippen LogP contribution < -0.4 is 9.64 Å². The molecule has 1 aromatic heterocycles. The molecule has 0 N–H and O–H groups in total. The third-order valence-corrected chi connectivity index (χ3v) is 1.26. The minimum Gasteiger partial charge on any atom is -0.491 e. The van der Waals surface area contributed by atoms with Crippen molar-refractivity contribution in [1.82, 2.24) is 9.97 Å². The van der Waals surface area contributed by atoms with Gasteiger partial charge in [0.1, 0.15) is 0 Å². The first kappa shape index (κ1) is 7.78. The molecule has 1 heterocycles. The maximum absolute atomic E-state index is 5.02. The summed E-state index contributed by atoms with van der Waals surface area (Å²) in [5.74, 6) is 1.40. The van der Waals surface area contributed by atoms with Crippen LogP contribution in [0.5, 0.6) is 5.75 Å². The summed E-state index contributed by atoms with van der Waals surface area (Å²) in [6.07, 6.45) is 4.08. The first-order chi connectivity index (χ1) is 5.25. The second-order valence-electron chi connectivity index (χ2n) is 2.26. The van der Waals surface area contributed by atoms with Gasteiger partial charge in [-0.05, 0) is 0 Å². The molecular formula is C7H10N3O. The Hall–Kier alpha value is -1.32. The fourth-order valence-electron chi connectivity index (χ4n) is 0.741. The highest BCUT2D eigenvalue weighted by Gasteiger charge is 2.04. The van der Waals surface area contributed by atoms with Gasteiger partial charge < -0.3 is 9.64 Å². The van der Waals surface area contributed by atoms with Gasteiger partial charge in [0.2, 0.25) is 0 Å². The van der Waals surface area contributed by atoms with Crippen LogP contribution in [0.15, 0.2) is 6.20 Å². The molecule has 1 aromatic rings. The van der Waals surface area contributed by atoms with Crippen LogP contribution in [0.3, 0.4) is 0 Å². The van der Waals surface area contributed by atoms with E-state index in [0.29, 0.717) is 5.75 Å². The summed E-state index contributed by atoms with van der Waals surface area (Å²) in [7, 11) is 5.36. The van der Waals surface area contributed by atoms with Crippen LogP contribution in [-0.4, -0.2) is 31.2 Å². The van der Waals surface area contributed by atoms with Gasteiger partial charge in [-0.3, -0.25) is 0 Å². The Morgan fingerprint density at radius 1 is 1.55 bits per heavy atom. The lowest BCUT2D eigenvalue weighted by Gasteiger charge is -2.12. The second kappa shape index (κ2) is 3.18. The van der Waals surface area contributed by atoms with Crippen LogP contribution in [0.2, 0.25) is 0 Å². The summed E-state index contributed by atoms with van der Waals surface area (Å²) < 4.78 is 5.02. The van der Waals surface area contributed by atoms with Crippen LogP contribution in [0.4, 0.5) is 5.82 Å². The molecular weight excluding hydrogens is 142 g/mol. The van der Waals surface area contributed by atoms with Crippen molar-refractivity contribution in [3.8, 4) is 5.75 Å². The molecule has 4 nitrogen and oxygen atoms in total. The number of aromatic nitrogens is 2. The third-order valence-electron chi connectivity index (χ3n) is 1.26. The smallest absolute Gasteiger partial charge is 0.200 e. The number of methoxy groups -OCH3 is 1. The molecule has 59 valence electrons. The minimum absolute atomic E-state index is 0.661. The van der Waals surface area contributed by atoms with Gasteiger partial charge in [-0.25, -0.2) is 9.97 Å². The summed E-state index contributed by atoms with van der Waals surface area (Å²) in [6, 6.07) is 0. The zero-order valence-electron chi connectivity index (χ0n) is 6.83. The SMILES string of the molecule is COc1cn[c]nc1N(C)C. The van der Waals surface area contributed by atoms with E-state index in [9.17, 15) is 0 Å². The fourth-order valence-corrected chi connectivity index (χ4v) is 0.741. The highest BCUT2D eigenvalue weighted by atomic mass is 16.5. The average Bonchev–Trinajstić information content (AvgIpc) is 2.04. The molecule has 4 heteroatoms. The molecule has 11 heavy (non-hydrogen) atoms. The molecule has 0 aliphatic heterocycles. The largest absolute Gasteiger partial charge is 0.491 e. The summed E-state index contributed by atoms with van der Waals surface area (Å²) in [5, 5.41) is 0. The van der Waals surface area contributed by atoms with Crippen molar-refractivity contribution in [3.05, 3.63) is 12.5 Å². The van der Waals surface area contributed by atoms with Crippen molar-refractivity contribution in [2.75, 3.05) is 26.1 Å². The van der Waals surface area contributed by atoms with Crippen LogP contribution in [0, 0.1) is 6.33 Å². The van der Waals surface area contributed by atoms with Crippen molar-refractivity contribution >= 4 is 5.82 Å². The Kier molecular flexibility index (Phi) is 2.25. The normalized spacial score (nSPS) is 9.36. The zero-order valence-corrected chi connectivity index (χ0v) is 6.83. The Balaban J connectivity index is 3.02. The van der Waals surface area contributed by atoms with E-state index in [-0.39, 0.29) is 0 Å². The maximum Gasteiger partial charge on any atom is 0.200 e. The summed E-state index contributed by atoms with van der Waals surface area (Å²) in [5.41, 5.74) is 0. The standard InChI is InChI=1S/C7H10N3O/c1-10(2)7-6(11-3)4-8-5-9-7/h4H,1-3H3. The Bertz CT molecular complexity index is 237. The molecule has 0 atom stereocenters. The first-order valence-corrected chi connectivity index (χ1v) is 3.20. The summed E-state index contributed by atoms with van der Waals surface area (Å²) >= 11 is 0. The van der Waals surface area contributed by atoms with Gasteiger partial charge in [-0.15, -0.1) is 0 Å². The van der Waals surface area contributed by atoms with E-state index in [0.717, 1.165) is 5.82 Å². The van der Waals surface area contributed by atoms with Gasteiger partial charge in [-0.1, -0.05) is 0 Å². The molecule has 0 aliphatic carbocycles. The number of nitrogens with zero attached hydrogens (tertiary/aromatic N) is 3. The molecule has 0 bridgehead atoms. The average molecular weight is 152 g/mol. The lowest BCUT2D eigenvalue weighted by atomic mass is 10.5. The molecule has 0 aromatic carbocycles. The number of anilines is 1. The molecule has 0 saturated heterocycles. The Morgan fingerprint density at radius 2 is 2.27 bits per heavy atom. The van der Waals surface area contributed by atoms with E-state index in [1.54, 1.807) is 13.3 Å². The maximum atomic E-state index is 5.02. The highest BCUT2D eigenvalue weighted by molar-refractivity contribution is 5.48. The second-order valence-corrected chi connectivity index (χ2v) is 2.26. The predicted octanol–water partition coefficient (Wildman–Crippen LogP) is 0.351. The number of hydrogen-bond donors (Lipinski definition) is 0. The van der Waals surface area contributed by atoms with Crippen molar-refractivity contribution in [1.29, 1.82) is 0 Å². The van der Waals surface area contributed by atoms with Crippen molar-refractivity contribution < 1.29 is 4.74 Å². The monoisotopic (exact) mass is 152 g/mol. The van der Waals surface area contributed by atoms with Crippen LogP contribution >= 0.6 is 0 Å². The van der Waals surface area contributed by atoms with E-state index in [2.05, 4.69) is 16.3 Å². The topological polar surface area (TPSA) is 38.3 Å². The first-order valence-electron chi connectivity index (χ1n) is 3.20. The molecule has 0 amide bonds. The van der Waals surface area contributed by atoms with Gasteiger partial charge >= 0.3 is 0 Å². The minimum atomic E-state index is 0.661. The van der Waals surface area contributed by atoms with E-state index in [1.165, 1.54) is 0 Å². The predicted molar refractivity (Wildman–Crippen MR) is 41.7 cm³/mol. The van der Waals surface area contributed by atoms with E-state index in [1.807, 2.05) is 19.0 Å². The van der Waals surface area contributed by atoms with Gasteiger partial charge in [0.15, 0.2) is 17.9 Å². The lowest BCUT2D eigenvalue weighted by Crippen LogP contribution is -2.12. The fraction of sp³-hybridized carbons (Fsp3) is 0.429. The Labute approximate surface area is 65.8 Å². The van der Waals surface area contributed by atoms with Crippen molar-refractivity contribution in [2.45, 2.75) is 0 Å². The number of ether oxygens (including phenoxy) is 1. The van der Waals surface area contributed by atoms with Crippen LogP contribution in [0.1, 0.15) is 0 Å². The highest BCUT2D eigenvalue weighted by Crippen LogP contribution is 2.20. The quantitative estimate of drug-likeness (QED) is 0.613. The summed E-state index contributed by atoms with van der Waals surface area (Å²) in [4.78, 5) is 9.47. The van der Waals surface area contributed by atoms with E-state index >= 15 is 0 Å². The Morgan fingerprint density at radius 3 is 2.73 bits per heavy atom. The summed E-state index contributed by atoms with van der Waals surface area (Å²) in [6.45, 7) is 0. The van der Waals surface area contributed by atoms with Crippen molar-refractivity contribution in [3.63, 3.8) is 0 Å². The molecule has 0 saturated carbocycles. The van der Waals surface area contributed by atoms with Gasteiger partial charge in [-0.2, -0.15) is 0 Å². The van der Waals surface area contributed by atoms with E-state index < -0.39 is 0 Å². The van der Waals surface area contributed by atoms with Crippen molar-refractivity contribution in [2.24, 2.45) is 0 Å².